The summed E-state index contributed by atoms with van der Waals surface area (Å²) in [5, 5.41) is 2.82. The third-order valence-corrected chi connectivity index (χ3v) is 2.89. The Balaban J connectivity index is 2.25. The van der Waals surface area contributed by atoms with E-state index in [-0.39, 0.29) is 12.5 Å². The molecule has 1 rings (SSSR count). The number of carbonyl (C=O) groups is 1. The smallest absolute Gasteiger partial charge is 0.245 e. The predicted molar refractivity (Wildman–Crippen MR) is 73.7 cm³/mol. The first-order valence-electron chi connectivity index (χ1n) is 6.48. The summed E-state index contributed by atoms with van der Waals surface area (Å²) >= 11 is 0. The number of carbonyl (C=O) groups excluding carboxylic acids is 1. The molecule has 0 aliphatic rings. The molecule has 1 aromatic rings. The van der Waals surface area contributed by atoms with E-state index < -0.39 is 0 Å². The van der Waals surface area contributed by atoms with Crippen molar-refractivity contribution in [3.8, 4) is 0 Å². The fourth-order valence-electron chi connectivity index (χ4n) is 1.77. The second-order valence-electron chi connectivity index (χ2n) is 4.78. The summed E-state index contributed by atoms with van der Waals surface area (Å²) in [6.07, 6.45) is 1.95. The van der Waals surface area contributed by atoms with Crippen LogP contribution in [0.3, 0.4) is 0 Å². The lowest BCUT2D eigenvalue weighted by atomic mass is 10.0. The van der Waals surface area contributed by atoms with E-state index in [0.717, 1.165) is 12.8 Å². The van der Waals surface area contributed by atoms with Crippen molar-refractivity contribution in [1.82, 2.24) is 5.32 Å². The topological polar surface area (TPSA) is 38.3 Å². The molecule has 0 aliphatic carbocycles. The number of hydrogen-bond acceptors (Lipinski definition) is 2. The van der Waals surface area contributed by atoms with Crippen LogP contribution in [0.25, 0.3) is 0 Å². The van der Waals surface area contributed by atoms with Crippen molar-refractivity contribution in [1.29, 1.82) is 0 Å². The largest absolute Gasteiger partial charge is 0.375 e. The second-order valence-corrected chi connectivity index (χ2v) is 4.78. The second kappa shape index (κ2) is 7.88. The van der Waals surface area contributed by atoms with E-state index in [9.17, 15) is 4.79 Å². The van der Waals surface area contributed by atoms with Gasteiger partial charge in [-0.05, 0) is 29.9 Å². The molecule has 1 N–H and O–H groups in total. The molecule has 0 radical (unpaired) electrons. The Morgan fingerprint density at radius 1 is 1.28 bits per heavy atom. The first-order chi connectivity index (χ1) is 8.63. The highest BCUT2D eigenvalue weighted by molar-refractivity contribution is 5.77. The summed E-state index contributed by atoms with van der Waals surface area (Å²) in [4.78, 5) is 11.1. The highest BCUT2D eigenvalue weighted by Crippen LogP contribution is 2.15. The lowest BCUT2D eigenvalue weighted by Gasteiger charge is -2.07. The quantitative estimate of drug-likeness (QED) is 0.754. The van der Waals surface area contributed by atoms with E-state index in [1.807, 2.05) is 0 Å². The summed E-state index contributed by atoms with van der Waals surface area (Å²) < 4.78 is 4.74. The van der Waals surface area contributed by atoms with Crippen molar-refractivity contribution >= 4 is 5.91 Å². The van der Waals surface area contributed by atoms with Crippen molar-refractivity contribution in [2.24, 2.45) is 0 Å². The zero-order chi connectivity index (χ0) is 13.4. The molecule has 0 aromatic heterocycles. The van der Waals surface area contributed by atoms with Crippen LogP contribution in [-0.2, 0) is 16.0 Å². The fourth-order valence-corrected chi connectivity index (χ4v) is 1.77. The van der Waals surface area contributed by atoms with Crippen molar-refractivity contribution < 1.29 is 9.53 Å². The standard InChI is InChI=1S/C15H23NO2/c1-12(2)14-8-6-13(7-9-14)5-4-10-16-15(17)11-18-3/h6-9,12H,4-5,10-11H2,1-3H3,(H,16,17). The molecule has 0 saturated carbocycles. The molecule has 0 unspecified atom stereocenters. The monoisotopic (exact) mass is 249 g/mol. The SMILES string of the molecule is COCC(=O)NCCCc1ccc(C(C)C)cc1. The minimum Gasteiger partial charge on any atom is -0.375 e. The van der Waals surface area contributed by atoms with Gasteiger partial charge in [-0.15, -0.1) is 0 Å². The molecule has 1 aromatic carbocycles. The van der Waals surface area contributed by atoms with Gasteiger partial charge in [0.1, 0.15) is 6.61 Å². The number of methoxy groups -OCH3 is 1. The molecule has 0 aliphatic heterocycles. The van der Waals surface area contributed by atoms with Crippen LogP contribution in [0.15, 0.2) is 24.3 Å². The van der Waals surface area contributed by atoms with Crippen LogP contribution in [0.4, 0.5) is 0 Å². The van der Waals surface area contributed by atoms with E-state index in [1.54, 1.807) is 0 Å². The average Bonchev–Trinajstić information content (AvgIpc) is 2.35. The Hall–Kier alpha value is -1.35. The molecule has 0 fully saturated rings. The highest BCUT2D eigenvalue weighted by Gasteiger charge is 2.00. The number of aryl methyl sites for hydroxylation is 1. The lowest BCUT2D eigenvalue weighted by molar-refractivity contribution is -0.124. The van der Waals surface area contributed by atoms with Crippen molar-refractivity contribution in [2.45, 2.75) is 32.6 Å². The molecule has 0 bridgehead atoms. The van der Waals surface area contributed by atoms with E-state index in [1.165, 1.54) is 18.2 Å². The third-order valence-electron chi connectivity index (χ3n) is 2.89. The molecule has 0 heterocycles. The van der Waals surface area contributed by atoms with Gasteiger partial charge in [0.05, 0.1) is 0 Å². The maximum Gasteiger partial charge on any atom is 0.245 e. The zero-order valence-corrected chi connectivity index (χ0v) is 11.5. The van der Waals surface area contributed by atoms with Crippen LogP contribution in [0.2, 0.25) is 0 Å². The Morgan fingerprint density at radius 3 is 2.50 bits per heavy atom. The van der Waals surface area contributed by atoms with E-state index >= 15 is 0 Å². The molecule has 0 saturated heterocycles. The van der Waals surface area contributed by atoms with Crippen LogP contribution in [0.1, 0.15) is 37.3 Å². The first-order valence-corrected chi connectivity index (χ1v) is 6.48. The molecule has 3 heteroatoms. The number of nitrogens with one attached hydrogen (secondary N) is 1. The Bertz CT molecular complexity index is 357. The van der Waals surface area contributed by atoms with Gasteiger partial charge in [0.15, 0.2) is 0 Å². The molecule has 18 heavy (non-hydrogen) atoms. The first kappa shape index (κ1) is 14.7. The fraction of sp³-hybridized carbons (Fsp3) is 0.533. The number of hydrogen-bond donors (Lipinski definition) is 1. The number of benzene rings is 1. The molecule has 3 nitrogen and oxygen atoms in total. The van der Waals surface area contributed by atoms with Crippen molar-refractivity contribution in [3.05, 3.63) is 35.4 Å². The van der Waals surface area contributed by atoms with E-state index in [4.69, 9.17) is 4.74 Å². The molecular formula is C15H23NO2. The van der Waals surface area contributed by atoms with Gasteiger partial charge in [0.2, 0.25) is 5.91 Å². The van der Waals surface area contributed by atoms with Crippen LogP contribution >= 0.6 is 0 Å². The maximum atomic E-state index is 11.1. The van der Waals surface area contributed by atoms with Gasteiger partial charge in [0, 0.05) is 13.7 Å². The Labute approximate surface area is 110 Å². The van der Waals surface area contributed by atoms with E-state index in [2.05, 4.69) is 43.4 Å². The third kappa shape index (κ3) is 5.32. The number of amides is 1. The molecular weight excluding hydrogens is 226 g/mol. The number of ether oxygens (including phenoxy) is 1. The number of rotatable bonds is 7. The lowest BCUT2D eigenvalue weighted by Crippen LogP contribution is -2.28. The summed E-state index contributed by atoms with van der Waals surface area (Å²) in [6.45, 7) is 5.23. The summed E-state index contributed by atoms with van der Waals surface area (Å²) in [7, 11) is 1.52. The van der Waals surface area contributed by atoms with Crippen LogP contribution < -0.4 is 5.32 Å². The Kier molecular flexibility index (Phi) is 6.44. The van der Waals surface area contributed by atoms with Gasteiger partial charge in [-0.25, -0.2) is 0 Å². The van der Waals surface area contributed by atoms with Gasteiger partial charge in [-0.2, -0.15) is 0 Å². The average molecular weight is 249 g/mol. The van der Waals surface area contributed by atoms with Crippen LogP contribution in [0.5, 0.6) is 0 Å². The van der Waals surface area contributed by atoms with Gasteiger partial charge in [-0.3, -0.25) is 4.79 Å². The van der Waals surface area contributed by atoms with Crippen LogP contribution in [-0.4, -0.2) is 26.2 Å². The highest BCUT2D eigenvalue weighted by atomic mass is 16.5. The minimum absolute atomic E-state index is 0.0485. The minimum atomic E-state index is -0.0485. The predicted octanol–water partition coefficient (Wildman–Crippen LogP) is 2.51. The van der Waals surface area contributed by atoms with Crippen molar-refractivity contribution in [3.63, 3.8) is 0 Å². The summed E-state index contributed by atoms with van der Waals surface area (Å²) in [6, 6.07) is 8.71. The van der Waals surface area contributed by atoms with E-state index in [0.29, 0.717) is 12.5 Å². The van der Waals surface area contributed by atoms with Gasteiger partial charge in [-0.1, -0.05) is 38.1 Å². The normalized spacial score (nSPS) is 10.7. The van der Waals surface area contributed by atoms with Crippen LogP contribution in [0, 0.1) is 0 Å². The molecule has 1 amide bonds. The van der Waals surface area contributed by atoms with Crippen molar-refractivity contribution in [2.75, 3.05) is 20.3 Å². The summed E-state index contributed by atoms with van der Waals surface area (Å²) in [5.41, 5.74) is 2.69. The molecule has 100 valence electrons. The van der Waals surface area contributed by atoms with Gasteiger partial charge >= 0.3 is 0 Å². The summed E-state index contributed by atoms with van der Waals surface area (Å²) in [5.74, 6) is 0.528. The molecule has 0 atom stereocenters. The van der Waals surface area contributed by atoms with Gasteiger partial charge in [0.25, 0.3) is 0 Å². The molecule has 0 spiro atoms. The van der Waals surface area contributed by atoms with Gasteiger partial charge < -0.3 is 10.1 Å². The maximum absolute atomic E-state index is 11.1. The Morgan fingerprint density at radius 2 is 1.94 bits per heavy atom. The zero-order valence-electron chi connectivity index (χ0n) is 11.5.